The van der Waals surface area contributed by atoms with Crippen LogP contribution >= 0.6 is 11.6 Å². The van der Waals surface area contributed by atoms with E-state index in [0.29, 0.717) is 41.7 Å². The normalized spacial score (nSPS) is 19.2. The maximum Gasteiger partial charge on any atom is 0.321 e. The van der Waals surface area contributed by atoms with Crippen molar-refractivity contribution in [2.45, 2.75) is 18.9 Å². The van der Waals surface area contributed by atoms with Gasteiger partial charge in [0.1, 0.15) is 5.75 Å². The van der Waals surface area contributed by atoms with Crippen molar-refractivity contribution in [2.75, 3.05) is 25.5 Å². The molecule has 1 fully saturated rings. The quantitative estimate of drug-likeness (QED) is 0.623. The predicted octanol–water partition coefficient (Wildman–Crippen LogP) is 4.83. The Morgan fingerprint density at radius 3 is 2.59 bits per heavy atom. The first-order valence-electron chi connectivity index (χ1n) is 10.7. The molecule has 0 aliphatic carbocycles. The number of aromatic nitrogens is 1. The first kappa shape index (κ1) is 20.6. The molecule has 164 valence electrons. The van der Waals surface area contributed by atoms with Gasteiger partial charge in [0.2, 0.25) is 0 Å². The van der Waals surface area contributed by atoms with E-state index < -0.39 is 0 Å². The number of pyridine rings is 1. The molecule has 2 aromatic carbocycles. The minimum atomic E-state index is -0.141. The molecule has 3 heterocycles. The summed E-state index contributed by atoms with van der Waals surface area (Å²) in [5.74, 6) is 1.01. The van der Waals surface area contributed by atoms with Crippen LogP contribution in [-0.4, -0.2) is 35.7 Å². The average molecular weight is 450 g/mol. The number of carbonyl (C=O) groups excluding carboxylic acids is 1. The van der Waals surface area contributed by atoms with E-state index >= 15 is 0 Å². The highest BCUT2D eigenvalue weighted by atomic mass is 35.5. The van der Waals surface area contributed by atoms with Gasteiger partial charge in [-0.05, 0) is 54.3 Å². The summed E-state index contributed by atoms with van der Waals surface area (Å²) in [6.45, 7) is 1.82. The zero-order chi connectivity index (χ0) is 22.2. The number of hydrogen-bond acceptors (Lipinski definition) is 3. The number of fused-ring (bicyclic) bond motifs is 4. The van der Waals surface area contributed by atoms with Crippen LogP contribution in [0.5, 0.6) is 5.75 Å². The van der Waals surface area contributed by atoms with E-state index in [1.165, 1.54) is 0 Å². The first-order chi connectivity index (χ1) is 15.5. The predicted molar refractivity (Wildman–Crippen MR) is 126 cm³/mol. The zero-order valence-electron chi connectivity index (χ0n) is 17.8. The number of urea groups is 1. The highest BCUT2D eigenvalue weighted by Crippen LogP contribution is 2.36. The lowest BCUT2D eigenvalue weighted by Gasteiger charge is -2.42. The first-order valence-corrected chi connectivity index (χ1v) is 11.1. The summed E-state index contributed by atoms with van der Waals surface area (Å²) in [4.78, 5) is 28.1. The molecule has 32 heavy (non-hydrogen) atoms. The van der Waals surface area contributed by atoms with Crippen LogP contribution in [-0.2, 0) is 6.54 Å². The molecule has 1 aromatic heterocycles. The van der Waals surface area contributed by atoms with Crippen molar-refractivity contribution in [1.82, 2.24) is 9.47 Å². The Morgan fingerprint density at radius 2 is 1.81 bits per heavy atom. The van der Waals surface area contributed by atoms with Gasteiger partial charge >= 0.3 is 6.03 Å². The molecule has 6 nitrogen and oxygen atoms in total. The van der Waals surface area contributed by atoms with Gasteiger partial charge in [-0.3, -0.25) is 4.79 Å². The molecule has 7 heteroatoms. The van der Waals surface area contributed by atoms with Gasteiger partial charge < -0.3 is 19.5 Å². The average Bonchev–Trinajstić information content (AvgIpc) is 2.81. The molecule has 2 aliphatic heterocycles. The zero-order valence-corrected chi connectivity index (χ0v) is 18.5. The van der Waals surface area contributed by atoms with E-state index in [0.717, 1.165) is 17.7 Å². The van der Waals surface area contributed by atoms with Crippen LogP contribution in [0.25, 0.3) is 11.1 Å². The van der Waals surface area contributed by atoms with E-state index in [2.05, 4.69) is 5.32 Å². The SMILES string of the molecule is COc1ccccc1NC(=O)N1C[C@H]2C[C@H](C1)c1ccc(-c3ccc(Cl)cc3)c(=O)n1C2. The molecule has 2 bridgehead atoms. The number of piperidine rings is 1. The van der Waals surface area contributed by atoms with E-state index in [4.69, 9.17) is 16.3 Å². The van der Waals surface area contributed by atoms with Crippen LogP contribution in [0.1, 0.15) is 18.0 Å². The van der Waals surface area contributed by atoms with Gasteiger partial charge in [0.25, 0.3) is 5.56 Å². The number of anilines is 1. The van der Waals surface area contributed by atoms with E-state index in [1.54, 1.807) is 19.2 Å². The van der Waals surface area contributed by atoms with Gasteiger partial charge in [0, 0.05) is 41.8 Å². The third-order valence-corrected chi connectivity index (χ3v) is 6.65. The second kappa shape index (κ2) is 8.36. The molecule has 3 aromatic rings. The molecular weight excluding hydrogens is 426 g/mol. The lowest BCUT2D eigenvalue weighted by atomic mass is 9.83. The summed E-state index contributed by atoms with van der Waals surface area (Å²) < 4.78 is 7.24. The molecule has 1 saturated heterocycles. The van der Waals surface area contributed by atoms with Crippen LogP contribution in [0.2, 0.25) is 5.02 Å². The van der Waals surface area contributed by atoms with Crippen molar-refractivity contribution in [3.8, 4) is 16.9 Å². The van der Waals surface area contributed by atoms with Crippen LogP contribution in [0.3, 0.4) is 0 Å². The molecule has 2 amide bonds. The molecule has 0 saturated carbocycles. The number of methoxy groups -OCH3 is 1. The van der Waals surface area contributed by atoms with Crippen molar-refractivity contribution in [1.29, 1.82) is 0 Å². The maximum atomic E-state index is 13.3. The number of ether oxygens (including phenoxy) is 1. The number of nitrogens with zero attached hydrogens (tertiary/aromatic N) is 2. The molecule has 0 radical (unpaired) electrons. The number of benzene rings is 2. The van der Waals surface area contributed by atoms with Crippen molar-refractivity contribution >= 4 is 23.3 Å². The molecule has 0 unspecified atom stereocenters. The Morgan fingerprint density at radius 1 is 1.03 bits per heavy atom. The Kier molecular flexibility index (Phi) is 5.39. The second-order valence-electron chi connectivity index (χ2n) is 8.43. The summed E-state index contributed by atoms with van der Waals surface area (Å²) >= 11 is 6.00. The largest absolute Gasteiger partial charge is 0.495 e. The number of likely N-dealkylation sites (tertiary alicyclic amines) is 1. The number of para-hydroxylation sites is 2. The van der Waals surface area contributed by atoms with Crippen LogP contribution < -0.4 is 15.6 Å². The fraction of sp³-hybridized carbons (Fsp3) is 0.280. The van der Waals surface area contributed by atoms with Gasteiger partial charge in [0.15, 0.2) is 0 Å². The van der Waals surface area contributed by atoms with Gasteiger partial charge in [-0.15, -0.1) is 0 Å². The molecule has 0 spiro atoms. The number of amides is 2. The minimum Gasteiger partial charge on any atom is -0.495 e. The second-order valence-corrected chi connectivity index (χ2v) is 8.87. The summed E-state index contributed by atoms with van der Waals surface area (Å²) in [6, 6.07) is 18.5. The number of nitrogens with one attached hydrogen (secondary N) is 1. The monoisotopic (exact) mass is 449 g/mol. The smallest absolute Gasteiger partial charge is 0.321 e. The Bertz CT molecular complexity index is 1220. The van der Waals surface area contributed by atoms with Gasteiger partial charge in [-0.25, -0.2) is 4.79 Å². The number of halogens is 1. The number of carbonyl (C=O) groups is 1. The Labute approximate surface area is 191 Å². The summed E-state index contributed by atoms with van der Waals surface area (Å²) in [7, 11) is 1.59. The van der Waals surface area contributed by atoms with Gasteiger partial charge in [0.05, 0.1) is 12.8 Å². The van der Waals surface area contributed by atoms with Crippen LogP contribution in [0, 0.1) is 5.92 Å². The molecule has 2 aliphatic rings. The highest BCUT2D eigenvalue weighted by Gasteiger charge is 2.36. The molecule has 1 N–H and O–H groups in total. The summed E-state index contributed by atoms with van der Waals surface area (Å²) in [5.41, 5.74) is 3.21. The van der Waals surface area contributed by atoms with Crippen molar-refractivity contribution in [3.05, 3.63) is 81.7 Å². The fourth-order valence-electron chi connectivity index (χ4n) is 4.90. The van der Waals surface area contributed by atoms with Crippen molar-refractivity contribution < 1.29 is 9.53 Å². The lowest BCUT2D eigenvalue weighted by molar-refractivity contribution is 0.139. The van der Waals surface area contributed by atoms with Gasteiger partial charge in [-0.1, -0.05) is 35.9 Å². The fourth-order valence-corrected chi connectivity index (χ4v) is 5.03. The van der Waals surface area contributed by atoms with Crippen molar-refractivity contribution in [3.63, 3.8) is 0 Å². The lowest BCUT2D eigenvalue weighted by Crippen LogP contribution is -2.50. The third kappa shape index (κ3) is 3.75. The Balaban J connectivity index is 1.39. The Hall–Kier alpha value is -3.25. The summed E-state index contributed by atoms with van der Waals surface area (Å²) in [6.07, 6.45) is 0.984. The van der Waals surface area contributed by atoms with Crippen LogP contribution in [0.15, 0.2) is 65.5 Å². The maximum absolute atomic E-state index is 13.3. The number of hydrogen-bond donors (Lipinski definition) is 1. The molecular formula is C25H24ClN3O3. The minimum absolute atomic E-state index is 0.0199. The van der Waals surface area contributed by atoms with Gasteiger partial charge in [-0.2, -0.15) is 0 Å². The molecule has 2 atom stereocenters. The summed E-state index contributed by atoms with van der Waals surface area (Å²) in [5, 5.41) is 3.62. The molecule has 5 rings (SSSR count). The van der Waals surface area contributed by atoms with Crippen LogP contribution in [0.4, 0.5) is 10.5 Å². The van der Waals surface area contributed by atoms with Crippen molar-refractivity contribution in [2.24, 2.45) is 5.92 Å². The standard InChI is InChI=1S/C25H24ClN3O3/c1-32-23-5-3-2-4-21(23)27-25(31)28-13-16-12-18(15-28)22-11-10-20(24(30)29(22)14-16)17-6-8-19(26)9-7-17/h2-11,16,18H,12-15H2,1H3,(H,27,31)/t16-,18-/m1/s1. The van der Waals surface area contributed by atoms with E-state index in [-0.39, 0.29) is 23.4 Å². The van der Waals surface area contributed by atoms with E-state index in [1.807, 2.05) is 58.0 Å². The third-order valence-electron chi connectivity index (χ3n) is 6.40. The number of rotatable bonds is 3. The topological polar surface area (TPSA) is 63.6 Å². The van der Waals surface area contributed by atoms with E-state index in [9.17, 15) is 9.59 Å². The highest BCUT2D eigenvalue weighted by molar-refractivity contribution is 6.30.